The number of allylic oxidation sites excluding steroid dienone is 1. The van der Waals surface area contributed by atoms with Crippen LogP contribution in [0, 0.1) is 6.92 Å². The van der Waals surface area contributed by atoms with Crippen molar-refractivity contribution < 1.29 is 14.2 Å². The van der Waals surface area contributed by atoms with E-state index in [0.717, 1.165) is 33.7 Å². The molecule has 132 valence electrons. The van der Waals surface area contributed by atoms with Crippen LogP contribution in [0.5, 0.6) is 5.75 Å². The van der Waals surface area contributed by atoms with Crippen molar-refractivity contribution in [3.63, 3.8) is 0 Å². The monoisotopic (exact) mass is 339 g/mol. The van der Waals surface area contributed by atoms with E-state index in [4.69, 9.17) is 14.2 Å². The molecule has 0 aliphatic rings. The molecule has 2 aromatic carbocycles. The smallest absolute Gasteiger partial charge is 0.122 e. The number of methoxy groups -OCH3 is 2. The van der Waals surface area contributed by atoms with Crippen LogP contribution in [-0.2, 0) is 16.1 Å². The Morgan fingerprint density at radius 1 is 1.16 bits per heavy atom. The molecule has 0 aliphatic heterocycles. The number of nitrogens with one attached hydrogen (secondary N) is 1. The molecule has 2 rings (SSSR count). The first kappa shape index (κ1) is 18.5. The first-order chi connectivity index (χ1) is 12.1. The maximum Gasteiger partial charge on any atom is 0.122 e. The van der Waals surface area contributed by atoms with Crippen molar-refractivity contribution in [3.8, 4) is 5.75 Å². The molecule has 0 aromatic heterocycles. The molecular weight excluding hydrogens is 314 g/mol. The second-order valence-corrected chi connectivity index (χ2v) is 5.57. The summed E-state index contributed by atoms with van der Waals surface area (Å²) in [5.41, 5.74) is 4.94. The van der Waals surface area contributed by atoms with Gasteiger partial charge in [-0.3, -0.25) is 0 Å². The van der Waals surface area contributed by atoms with Gasteiger partial charge in [0.15, 0.2) is 0 Å². The van der Waals surface area contributed by atoms with Gasteiger partial charge in [-0.25, -0.2) is 0 Å². The van der Waals surface area contributed by atoms with Gasteiger partial charge < -0.3 is 19.5 Å². The fraction of sp³-hybridized carbons (Fsp3) is 0.238. The van der Waals surface area contributed by atoms with Crippen molar-refractivity contribution in [3.05, 3.63) is 77.8 Å². The van der Waals surface area contributed by atoms with Gasteiger partial charge in [0.1, 0.15) is 18.1 Å². The highest BCUT2D eigenvalue weighted by Gasteiger charge is 2.13. The van der Waals surface area contributed by atoms with Crippen molar-refractivity contribution in [2.45, 2.75) is 13.5 Å². The van der Waals surface area contributed by atoms with Crippen LogP contribution in [0.15, 0.2) is 61.1 Å². The van der Waals surface area contributed by atoms with E-state index in [1.54, 1.807) is 20.5 Å². The average Bonchev–Trinajstić information content (AvgIpc) is 2.64. The Balaban J connectivity index is 2.26. The molecular formula is C21H25NO3. The van der Waals surface area contributed by atoms with Gasteiger partial charge in [-0.2, -0.15) is 0 Å². The minimum absolute atomic E-state index is 0.438. The molecule has 0 radical (unpaired) electrons. The van der Waals surface area contributed by atoms with Crippen LogP contribution in [0.4, 0.5) is 5.69 Å². The Kier molecular flexibility index (Phi) is 6.52. The molecule has 0 fully saturated rings. The molecule has 0 heterocycles. The number of hydrogen-bond donors (Lipinski definition) is 1. The number of anilines is 1. The van der Waals surface area contributed by atoms with Crippen LogP contribution in [-0.4, -0.2) is 21.3 Å². The Labute approximate surface area is 149 Å². The summed E-state index contributed by atoms with van der Waals surface area (Å²) in [5.74, 6) is 1.40. The minimum Gasteiger partial charge on any atom is -0.504 e. The van der Waals surface area contributed by atoms with Gasteiger partial charge in [0.2, 0.25) is 0 Å². The van der Waals surface area contributed by atoms with Gasteiger partial charge in [-0.05, 0) is 41.8 Å². The predicted octanol–water partition coefficient (Wildman–Crippen LogP) is 4.76. The summed E-state index contributed by atoms with van der Waals surface area (Å²) >= 11 is 0. The summed E-state index contributed by atoms with van der Waals surface area (Å²) in [4.78, 5) is 0. The lowest BCUT2D eigenvalue weighted by atomic mass is 10.00. The molecule has 25 heavy (non-hydrogen) atoms. The van der Waals surface area contributed by atoms with Gasteiger partial charge in [0, 0.05) is 12.7 Å². The van der Waals surface area contributed by atoms with Crippen LogP contribution < -0.4 is 10.1 Å². The molecule has 1 N–H and O–H groups in total. The van der Waals surface area contributed by atoms with E-state index in [0.29, 0.717) is 12.4 Å². The van der Waals surface area contributed by atoms with Crippen LogP contribution >= 0.6 is 0 Å². The van der Waals surface area contributed by atoms with Crippen molar-refractivity contribution in [1.29, 1.82) is 0 Å². The molecule has 0 spiro atoms. The van der Waals surface area contributed by atoms with E-state index in [9.17, 15) is 0 Å². The molecule has 4 heteroatoms. The average molecular weight is 339 g/mol. The Morgan fingerprint density at radius 2 is 1.92 bits per heavy atom. The lowest BCUT2D eigenvalue weighted by Gasteiger charge is -2.16. The van der Waals surface area contributed by atoms with Crippen molar-refractivity contribution in [2.75, 3.05) is 26.6 Å². The summed E-state index contributed by atoms with van der Waals surface area (Å²) < 4.78 is 16.5. The van der Waals surface area contributed by atoms with Crippen molar-refractivity contribution in [2.24, 2.45) is 0 Å². The normalized spacial score (nSPS) is 11.0. The summed E-state index contributed by atoms with van der Waals surface area (Å²) in [6.45, 7) is 6.41. The van der Waals surface area contributed by atoms with Crippen LogP contribution in [0.2, 0.25) is 0 Å². The van der Waals surface area contributed by atoms with Crippen LogP contribution in [0.3, 0.4) is 0 Å². The lowest BCUT2D eigenvalue weighted by molar-refractivity contribution is 0.299. The quantitative estimate of drug-likeness (QED) is 0.556. The first-order valence-corrected chi connectivity index (χ1v) is 8.06. The van der Waals surface area contributed by atoms with E-state index in [1.165, 1.54) is 0 Å². The Morgan fingerprint density at radius 3 is 2.56 bits per heavy atom. The first-order valence-electron chi connectivity index (χ1n) is 8.06. The van der Waals surface area contributed by atoms with Crippen molar-refractivity contribution >= 4 is 11.3 Å². The summed E-state index contributed by atoms with van der Waals surface area (Å²) in [6.07, 6.45) is 1.64. The zero-order valence-corrected chi connectivity index (χ0v) is 15.3. The minimum atomic E-state index is 0.438. The Hall–Kier alpha value is -2.88. The molecule has 0 bridgehead atoms. The zero-order chi connectivity index (χ0) is 18.2. The molecule has 0 saturated heterocycles. The largest absolute Gasteiger partial charge is 0.504 e. The summed E-state index contributed by atoms with van der Waals surface area (Å²) in [5, 5.41) is 3.13. The third-order valence-electron chi connectivity index (χ3n) is 3.94. The molecule has 0 saturated carbocycles. The van der Waals surface area contributed by atoms with Crippen LogP contribution in [0.25, 0.3) is 5.57 Å². The predicted molar refractivity (Wildman–Crippen MR) is 103 cm³/mol. The highest BCUT2D eigenvalue weighted by molar-refractivity contribution is 5.77. The van der Waals surface area contributed by atoms with Crippen molar-refractivity contribution in [1.82, 2.24) is 0 Å². The van der Waals surface area contributed by atoms with E-state index < -0.39 is 0 Å². The SMILES string of the molecule is C=C(OC)/C(=C/OC)c1ccccc1COc1ccc(NC)cc1C. The number of benzene rings is 2. The summed E-state index contributed by atoms with van der Waals surface area (Å²) in [7, 11) is 5.10. The third kappa shape index (κ3) is 4.57. The fourth-order valence-corrected chi connectivity index (χ4v) is 2.54. The van der Waals surface area contributed by atoms with E-state index in [2.05, 4.69) is 18.0 Å². The Bertz CT molecular complexity index is 765. The zero-order valence-electron chi connectivity index (χ0n) is 15.3. The fourth-order valence-electron chi connectivity index (χ4n) is 2.54. The molecule has 0 unspecified atom stereocenters. The second-order valence-electron chi connectivity index (χ2n) is 5.57. The molecule has 0 amide bonds. The number of ether oxygens (including phenoxy) is 3. The number of rotatable bonds is 8. The van der Waals surface area contributed by atoms with E-state index in [-0.39, 0.29) is 0 Å². The molecule has 4 nitrogen and oxygen atoms in total. The van der Waals surface area contributed by atoms with Gasteiger partial charge in [-0.1, -0.05) is 30.8 Å². The molecule has 2 aromatic rings. The summed E-state index contributed by atoms with van der Waals surface area (Å²) in [6, 6.07) is 14.0. The van der Waals surface area contributed by atoms with E-state index >= 15 is 0 Å². The second kappa shape index (κ2) is 8.83. The maximum absolute atomic E-state index is 6.04. The van der Waals surface area contributed by atoms with Gasteiger partial charge in [-0.15, -0.1) is 0 Å². The maximum atomic E-state index is 6.04. The van der Waals surface area contributed by atoms with Gasteiger partial charge >= 0.3 is 0 Å². The number of hydrogen-bond acceptors (Lipinski definition) is 4. The highest BCUT2D eigenvalue weighted by atomic mass is 16.5. The van der Waals surface area contributed by atoms with Gasteiger partial charge in [0.25, 0.3) is 0 Å². The standard InChI is InChI=1S/C21H25NO3/c1-15-12-18(22-3)10-11-21(15)25-13-17-8-6-7-9-19(17)20(14-23-4)16(2)24-5/h6-12,14,22H,2,13H2,1,3-5H3/b20-14-. The topological polar surface area (TPSA) is 39.7 Å². The third-order valence-corrected chi connectivity index (χ3v) is 3.94. The van der Waals surface area contributed by atoms with E-state index in [1.807, 2.05) is 50.4 Å². The lowest BCUT2D eigenvalue weighted by Crippen LogP contribution is -2.03. The van der Waals surface area contributed by atoms with Crippen LogP contribution in [0.1, 0.15) is 16.7 Å². The highest BCUT2D eigenvalue weighted by Crippen LogP contribution is 2.28. The molecule has 0 aliphatic carbocycles. The van der Waals surface area contributed by atoms with Gasteiger partial charge in [0.05, 0.1) is 26.1 Å². The molecule has 0 atom stereocenters. The number of aryl methyl sites for hydroxylation is 1.